The van der Waals surface area contributed by atoms with Gasteiger partial charge in [-0.15, -0.1) is 0 Å². The number of aromatic nitrogens is 2. The molecule has 5 nitrogen and oxygen atoms in total. The van der Waals surface area contributed by atoms with E-state index < -0.39 is 0 Å². The van der Waals surface area contributed by atoms with Crippen molar-refractivity contribution in [3.8, 4) is 5.69 Å². The summed E-state index contributed by atoms with van der Waals surface area (Å²) >= 11 is 0. The van der Waals surface area contributed by atoms with E-state index in [0.29, 0.717) is 23.5 Å². The number of nitrogens with two attached hydrogens (primary N) is 1. The molecule has 2 aromatic carbocycles. The maximum absolute atomic E-state index is 11.8. The number of ether oxygens (including phenoxy) is 1. The molecule has 0 aliphatic rings. The fraction of sp³-hybridized carbons (Fsp3) is 0.125. The van der Waals surface area contributed by atoms with Crippen LogP contribution in [-0.2, 0) is 4.74 Å². The average molecular weight is 281 g/mol. The number of fused-ring (bicyclic) bond motifs is 1. The highest BCUT2D eigenvalue weighted by molar-refractivity contribution is 5.91. The summed E-state index contributed by atoms with van der Waals surface area (Å²) in [6.45, 7) is 2.11. The van der Waals surface area contributed by atoms with Crippen LogP contribution in [0, 0.1) is 0 Å². The van der Waals surface area contributed by atoms with Gasteiger partial charge in [0.25, 0.3) is 0 Å². The second kappa shape index (κ2) is 5.28. The van der Waals surface area contributed by atoms with Gasteiger partial charge in [0.05, 0.1) is 35.3 Å². The molecule has 2 N–H and O–H groups in total. The summed E-state index contributed by atoms with van der Waals surface area (Å²) in [5, 5.41) is 5.37. The summed E-state index contributed by atoms with van der Waals surface area (Å²) in [5.41, 5.74) is 8.65. The maximum atomic E-state index is 11.8. The van der Waals surface area contributed by atoms with Crippen LogP contribution in [0.2, 0.25) is 0 Å². The molecule has 5 heteroatoms. The molecule has 0 bridgehead atoms. The lowest BCUT2D eigenvalue weighted by atomic mass is 10.1. The van der Waals surface area contributed by atoms with E-state index in [-0.39, 0.29) is 5.97 Å². The van der Waals surface area contributed by atoms with E-state index in [2.05, 4.69) is 5.10 Å². The highest BCUT2D eigenvalue weighted by Crippen LogP contribution is 2.23. The highest BCUT2D eigenvalue weighted by atomic mass is 16.5. The Bertz CT molecular complexity index is 808. The quantitative estimate of drug-likeness (QED) is 0.592. The van der Waals surface area contributed by atoms with Crippen molar-refractivity contribution < 1.29 is 9.53 Å². The molecule has 0 fully saturated rings. The number of carbonyl (C=O) groups is 1. The summed E-state index contributed by atoms with van der Waals surface area (Å²) in [5.74, 6) is -0.366. The number of nitrogen functional groups attached to an aromatic ring is 1. The van der Waals surface area contributed by atoms with E-state index in [1.807, 2.05) is 24.3 Å². The third-order valence-electron chi connectivity index (χ3n) is 3.25. The number of para-hydroxylation sites is 1. The first-order valence-electron chi connectivity index (χ1n) is 6.70. The van der Waals surface area contributed by atoms with Crippen LogP contribution in [0.3, 0.4) is 0 Å². The monoisotopic (exact) mass is 281 g/mol. The van der Waals surface area contributed by atoms with Gasteiger partial charge in [0.2, 0.25) is 0 Å². The third kappa shape index (κ3) is 2.33. The number of nitrogens with zero attached hydrogens (tertiary/aromatic N) is 2. The molecule has 0 radical (unpaired) electrons. The molecule has 0 aliphatic heterocycles. The van der Waals surface area contributed by atoms with Crippen LogP contribution in [0.25, 0.3) is 16.6 Å². The molecule has 0 unspecified atom stereocenters. The molecule has 21 heavy (non-hydrogen) atoms. The number of rotatable bonds is 3. The molecule has 0 spiro atoms. The van der Waals surface area contributed by atoms with E-state index in [0.717, 1.165) is 10.9 Å². The predicted octanol–water partition coefficient (Wildman–Crippen LogP) is 2.78. The Balaban J connectivity index is 2.13. The maximum Gasteiger partial charge on any atom is 0.338 e. The van der Waals surface area contributed by atoms with Gasteiger partial charge in [0.1, 0.15) is 0 Å². The molecule has 106 valence electrons. The van der Waals surface area contributed by atoms with Crippen molar-refractivity contribution in [2.75, 3.05) is 12.3 Å². The predicted molar refractivity (Wildman–Crippen MR) is 81.4 cm³/mol. The topological polar surface area (TPSA) is 70.1 Å². The lowest BCUT2D eigenvalue weighted by molar-refractivity contribution is 0.0526. The Morgan fingerprint density at radius 3 is 2.90 bits per heavy atom. The van der Waals surface area contributed by atoms with Gasteiger partial charge in [-0.25, -0.2) is 9.48 Å². The van der Waals surface area contributed by atoms with E-state index in [9.17, 15) is 4.79 Å². The second-order valence-electron chi connectivity index (χ2n) is 4.61. The van der Waals surface area contributed by atoms with Crippen LogP contribution >= 0.6 is 0 Å². The molecule has 1 aromatic heterocycles. The first-order chi connectivity index (χ1) is 10.2. The summed E-state index contributed by atoms with van der Waals surface area (Å²) in [6, 6.07) is 12.9. The number of benzene rings is 2. The number of carbonyl (C=O) groups excluding carboxylic acids is 1. The Hall–Kier alpha value is -2.82. The largest absolute Gasteiger partial charge is 0.462 e. The van der Waals surface area contributed by atoms with Gasteiger partial charge in [-0.05, 0) is 31.2 Å². The Labute approximate surface area is 121 Å². The van der Waals surface area contributed by atoms with Gasteiger partial charge in [-0.2, -0.15) is 5.10 Å². The minimum absolute atomic E-state index is 0.337. The summed E-state index contributed by atoms with van der Waals surface area (Å²) < 4.78 is 6.75. The van der Waals surface area contributed by atoms with Crippen molar-refractivity contribution in [2.24, 2.45) is 0 Å². The van der Waals surface area contributed by atoms with Gasteiger partial charge in [0, 0.05) is 5.39 Å². The van der Waals surface area contributed by atoms with Crippen molar-refractivity contribution in [2.45, 2.75) is 6.92 Å². The smallest absolute Gasteiger partial charge is 0.338 e. The second-order valence-corrected chi connectivity index (χ2v) is 4.61. The summed E-state index contributed by atoms with van der Waals surface area (Å²) in [4.78, 5) is 11.8. The molecule has 3 rings (SSSR count). The van der Waals surface area contributed by atoms with Crippen LogP contribution in [0.5, 0.6) is 0 Å². The van der Waals surface area contributed by atoms with E-state index >= 15 is 0 Å². The van der Waals surface area contributed by atoms with Crippen molar-refractivity contribution in [3.63, 3.8) is 0 Å². The molecule has 0 aliphatic carbocycles. The molecule has 0 amide bonds. The summed E-state index contributed by atoms with van der Waals surface area (Å²) in [7, 11) is 0. The van der Waals surface area contributed by atoms with Crippen LogP contribution in [0.15, 0.2) is 48.7 Å². The SMILES string of the molecule is CCOC(=O)c1ccc(N)c(-n2ncc3ccccc32)c1. The minimum Gasteiger partial charge on any atom is -0.462 e. The molecule has 0 atom stereocenters. The fourth-order valence-electron chi connectivity index (χ4n) is 2.23. The van der Waals surface area contributed by atoms with Gasteiger partial charge in [-0.3, -0.25) is 0 Å². The molecule has 3 aromatic rings. The number of hydrogen-bond acceptors (Lipinski definition) is 4. The molecular weight excluding hydrogens is 266 g/mol. The standard InChI is InChI=1S/C16H15N3O2/c1-2-21-16(20)11-7-8-13(17)15(9-11)19-14-6-4-3-5-12(14)10-18-19/h3-10H,2,17H2,1H3. The highest BCUT2D eigenvalue weighted by Gasteiger charge is 2.12. The van der Waals surface area contributed by atoms with Gasteiger partial charge < -0.3 is 10.5 Å². The third-order valence-corrected chi connectivity index (χ3v) is 3.25. The van der Waals surface area contributed by atoms with Crippen LogP contribution in [0.1, 0.15) is 17.3 Å². The van der Waals surface area contributed by atoms with Gasteiger partial charge >= 0.3 is 5.97 Å². The fourth-order valence-corrected chi connectivity index (χ4v) is 2.23. The average Bonchev–Trinajstić information content (AvgIpc) is 2.92. The van der Waals surface area contributed by atoms with Crippen LogP contribution in [-0.4, -0.2) is 22.4 Å². The van der Waals surface area contributed by atoms with Gasteiger partial charge in [0.15, 0.2) is 0 Å². The Morgan fingerprint density at radius 1 is 1.29 bits per heavy atom. The lowest BCUT2D eigenvalue weighted by Crippen LogP contribution is -2.08. The zero-order valence-corrected chi connectivity index (χ0v) is 11.6. The first-order valence-corrected chi connectivity index (χ1v) is 6.70. The molecule has 0 saturated heterocycles. The molecule has 0 saturated carbocycles. The van der Waals surface area contributed by atoms with E-state index in [1.165, 1.54) is 0 Å². The van der Waals surface area contributed by atoms with Gasteiger partial charge in [-0.1, -0.05) is 18.2 Å². The number of hydrogen-bond donors (Lipinski definition) is 1. The normalized spacial score (nSPS) is 10.7. The van der Waals surface area contributed by atoms with Crippen molar-refractivity contribution in [1.29, 1.82) is 0 Å². The minimum atomic E-state index is -0.366. The Morgan fingerprint density at radius 2 is 2.10 bits per heavy atom. The zero-order valence-electron chi connectivity index (χ0n) is 11.6. The van der Waals surface area contributed by atoms with Crippen LogP contribution in [0.4, 0.5) is 5.69 Å². The zero-order chi connectivity index (χ0) is 14.8. The van der Waals surface area contributed by atoms with Crippen molar-refractivity contribution in [3.05, 3.63) is 54.2 Å². The molecule has 1 heterocycles. The van der Waals surface area contributed by atoms with E-state index in [1.54, 1.807) is 36.0 Å². The first kappa shape index (κ1) is 13.2. The number of anilines is 1. The lowest BCUT2D eigenvalue weighted by Gasteiger charge is -2.09. The van der Waals surface area contributed by atoms with Crippen molar-refractivity contribution in [1.82, 2.24) is 9.78 Å². The molecular formula is C16H15N3O2. The van der Waals surface area contributed by atoms with E-state index in [4.69, 9.17) is 10.5 Å². The number of esters is 1. The summed E-state index contributed by atoms with van der Waals surface area (Å²) in [6.07, 6.45) is 1.77. The Kier molecular flexibility index (Phi) is 3.31. The van der Waals surface area contributed by atoms with Crippen LogP contribution < -0.4 is 5.73 Å². The van der Waals surface area contributed by atoms with Crippen molar-refractivity contribution >= 4 is 22.6 Å².